The van der Waals surface area contributed by atoms with Gasteiger partial charge in [-0.3, -0.25) is 9.69 Å². The number of rotatable bonds is 4. The molecule has 2 aliphatic heterocycles. The summed E-state index contributed by atoms with van der Waals surface area (Å²) in [5, 5.41) is 2.06. The molecule has 1 aliphatic carbocycles. The van der Waals surface area contributed by atoms with Crippen LogP contribution in [0.4, 0.5) is 8.78 Å². The minimum Gasteiger partial charge on any atom is -0.352 e. The molecule has 1 spiro atoms. The van der Waals surface area contributed by atoms with Crippen LogP contribution in [0.2, 0.25) is 0 Å². The van der Waals surface area contributed by atoms with E-state index < -0.39 is 20.9 Å². The topological polar surface area (TPSA) is 66.5 Å². The molecule has 28 heavy (non-hydrogen) atoms. The van der Waals surface area contributed by atoms with E-state index in [-0.39, 0.29) is 28.9 Å². The van der Waals surface area contributed by atoms with Crippen molar-refractivity contribution in [3.05, 3.63) is 35.4 Å². The van der Waals surface area contributed by atoms with Crippen LogP contribution < -0.4 is 5.32 Å². The highest BCUT2D eigenvalue weighted by Crippen LogP contribution is 2.49. The summed E-state index contributed by atoms with van der Waals surface area (Å²) in [7, 11) is -3.27. The van der Waals surface area contributed by atoms with Crippen LogP contribution in [0.3, 0.4) is 0 Å². The van der Waals surface area contributed by atoms with E-state index in [2.05, 4.69) is 10.2 Å². The van der Waals surface area contributed by atoms with E-state index in [0.29, 0.717) is 24.9 Å². The molecular weight excluding hydrogens is 386 g/mol. The van der Waals surface area contributed by atoms with Crippen LogP contribution in [0, 0.1) is 17.0 Å². The molecule has 2 saturated heterocycles. The van der Waals surface area contributed by atoms with Gasteiger partial charge in [-0.2, -0.15) is 0 Å². The Hall–Kier alpha value is -1.54. The third-order valence-corrected chi connectivity index (χ3v) is 8.82. The van der Waals surface area contributed by atoms with Gasteiger partial charge in [-0.25, -0.2) is 17.2 Å². The average Bonchev–Trinajstić information content (AvgIpc) is 2.97. The highest BCUT2D eigenvalue weighted by atomic mass is 32.2. The van der Waals surface area contributed by atoms with Crippen molar-refractivity contribution in [2.75, 3.05) is 18.8 Å². The number of carbonyl (C=O) groups excluding carboxylic acids is 1. The zero-order valence-electron chi connectivity index (χ0n) is 15.8. The Morgan fingerprint density at radius 2 is 1.93 bits per heavy atom. The van der Waals surface area contributed by atoms with Gasteiger partial charge in [0.25, 0.3) is 0 Å². The van der Waals surface area contributed by atoms with Crippen LogP contribution in [0.5, 0.6) is 0 Å². The van der Waals surface area contributed by atoms with Crippen LogP contribution >= 0.6 is 0 Å². The van der Waals surface area contributed by atoms with Gasteiger partial charge in [0.2, 0.25) is 5.91 Å². The van der Waals surface area contributed by atoms with Gasteiger partial charge in [-0.15, -0.1) is 0 Å². The summed E-state index contributed by atoms with van der Waals surface area (Å²) in [4.78, 5) is 14.4. The summed E-state index contributed by atoms with van der Waals surface area (Å²) in [6, 6.07) is 3.60. The van der Waals surface area contributed by atoms with E-state index in [9.17, 15) is 22.0 Å². The van der Waals surface area contributed by atoms with Gasteiger partial charge in [0.05, 0.1) is 5.75 Å². The number of likely N-dealkylation sites (tertiary alicyclic amines) is 1. The largest absolute Gasteiger partial charge is 0.352 e. The summed E-state index contributed by atoms with van der Waals surface area (Å²) in [6.07, 6.45) is 4.64. The highest BCUT2D eigenvalue weighted by molar-refractivity contribution is 7.93. The second kappa shape index (κ2) is 7.37. The van der Waals surface area contributed by atoms with Crippen molar-refractivity contribution in [2.45, 2.75) is 56.4 Å². The van der Waals surface area contributed by atoms with Gasteiger partial charge < -0.3 is 5.32 Å². The molecule has 1 aromatic rings. The summed E-state index contributed by atoms with van der Waals surface area (Å²) >= 11 is 0. The molecule has 1 aromatic carbocycles. The molecule has 154 valence electrons. The Bertz CT molecular complexity index is 858. The lowest BCUT2D eigenvalue weighted by Gasteiger charge is -2.52. The monoisotopic (exact) mass is 412 g/mol. The van der Waals surface area contributed by atoms with Crippen molar-refractivity contribution < 1.29 is 22.0 Å². The molecule has 0 unspecified atom stereocenters. The normalized spacial score (nSPS) is 26.9. The quantitative estimate of drug-likeness (QED) is 0.825. The lowest BCUT2D eigenvalue weighted by molar-refractivity contribution is -0.123. The number of carbonyl (C=O) groups is 1. The standard InChI is InChI=1S/C20H26F2N2O3S/c21-15-3-4-17(22)14(10-15)13-24-7-5-20(6-8-24)11-16(12-20)23-19(25)18-2-1-9-28(18,26)27/h3-4,10,16,18H,1-2,5-9,11-13H2,(H,23,25)/t18-/m0/s1. The number of hydrogen-bond acceptors (Lipinski definition) is 4. The SMILES string of the molecule is O=C(NC1CC2(CCN(Cc3cc(F)ccc3F)CC2)C1)[C@@H]1CCCS1(=O)=O. The molecule has 4 rings (SSSR count). The van der Waals surface area contributed by atoms with E-state index in [4.69, 9.17) is 0 Å². The Labute approximate surface area is 164 Å². The maximum Gasteiger partial charge on any atom is 0.238 e. The van der Waals surface area contributed by atoms with Gasteiger partial charge in [0, 0.05) is 18.2 Å². The van der Waals surface area contributed by atoms with Gasteiger partial charge >= 0.3 is 0 Å². The number of sulfone groups is 1. The van der Waals surface area contributed by atoms with Crippen molar-refractivity contribution in [1.29, 1.82) is 0 Å². The van der Waals surface area contributed by atoms with Crippen LogP contribution in [-0.4, -0.2) is 49.4 Å². The maximum absolute atomic E-state index is 13.8. The summed E-state index contributed by atoms with van der Waals surface area (Å²) in [5.74, 6) is -1.03. The first-order chi connectivity index (χ1) is 13.3. The van der Waals surface area contributed by atoms with E-state index in [1.54, 1.807) is 0 Å². The molecular formula is C20H26F2N2O3S. The predicted molar refractivity (Wildman–Crippen MR) is 101 cm³/mol. The van der Waals surface area contributed by atoms with Gasteiger partial charge in [-0.05, 0) is 75.2 Å². The molecule has 3 aliphatic rings. The van der Waals surface area contributed by atoms with Gasteiger partial charge in [0.15, 0.2) is 9.84 Å². The summed E-state index contributed by atoms with van der Waals surface area (Å²) in [6.45, 7) is 2.03. The summed E-state index contributed by atoms with van der Waals surface area (Å²) < 4.78 is 51.0. The lowest BCUT2D eigenvalue weighted by atomic mass is 9.60. The fourth-order valence-electron chi connectivity index (χ4n) is 4.97. The summed E-state index contributed by atoms with van der Waals surface area (Å²) in [5.41, 5.74) is 0.566. The number of nitrogens with zero attached hydrogens (tertiary/aromatic N) is 1. The number of hydrogen-bond donors (Lipinski definition) is 1. The van der Waals surface area contributed by atoms with Crippen molar-refractivity contribution in [2.24, 2.45) is 5.41 Å². The molecule has 1 N–H and O–H groups in total. The van der Waals surface area contributed by atoms with Crippen LogP contribution in [0.15, 0.2) is 18.2 Å². The van der Waals surface area contributed by atoms with E-state index in [1.807, 2.05) is 0 Å². The van der Waals surface area contributed by atoms with E-state index >= 15 is 0 Å². The molecule has 3 fully saturated rings. The minimum absolute atomic E-state index is 0.0514. The molecule has 0 aromatic heterocycles. The Kier molecular flexibility index (Phi) is 5.20. The molecule has 1 saturated carbocycles. The molecule has 1 atom stereocenters. The Morgan fingerprint density at radius 3 is 2.57 bits per heavy atom. The fraction of sp³-hybridized carbons (Fsp3) is 0.650. The molecule has 8 heteroatoms. The molecule has 0 radical (unpaired) electrons. The number of nitrogens with one attached hydrogen (secondary N) is 1. The number of benzene rings is 1. The second-order valence-corrected chi connectivity index (χ2v) is 10.9. The Morgan fingerprint density at radius 1 is 1.21 bits per heavy atom. The second-order valence-electron chi connectivity index (χ2n) is 8.62. The van der Waals surface area contributed by atoms with Crippen molar-refractivity contribution in [3.63, 3.8) is 0 Å². The first-order valence-corrected chi connectivity index (χ1v) is 11.7. The fourth-order valence-corrected chi connectivity index (χ4v) is 6.74. The van der Waals surface area contributed by atoms with Crippen molar-refractivity contribution in [3.8, 4) is 0 Å². The molecule has 2 heterocycles. The number of halogens is 2. The van der Waals surface area contributed by atoms with Crippen molar-refractivity contribution >= 4 is 15.7 Å². The van der Waals surface area contributed by atoms with Crippen molar-refractivity contribution in [1.82, 2.24) is 10.2 Å². The van der Waals surface area contributed by atoms with Gasteiger partial charge in [-0.1, -0.05) is 0 Å². The van der Waals surface area contributed by atoms with E-state index in [0.717, 1.165) is 44.8 Å². The maximum atomic E-state index is 13.8. The highest BCUT2D eigenvalue weighted by Gasteiger charge is 2.47. The van der Waals surface area contributed by atoms with Crippen LogP contribution in [-0.2, 0) is 21.2 Å². The minimum atomic E-state index is -3.27. The predicted octanol–water partition coefficient (Wildman–Crippen LogP) is 2.40. The first kappa shape index (κ1) is 19.8. The molecule has 1 amide bonds. The Balaban J connectivity index is 1.25. The van der Waals surface area contributed by atoms with Crippen LogP contribution in [0.25, 0.3) is 0 Å². The third-order valence-electron chi connectivity index (χ3n) is 6.64. The zero-order valence-corrected chi connectivity index (χ0v) is 16.6. The zero-order chi connectivity index (χ0) is 19.9. The molecule has 5 nitrogen and oxygen atoms in total. The van der Waals surface area contributed by atoms with Gasteiger partial charge in [0.1, 0.15) is 16.9 Å². The third kappa shape index (κ3) is 3.94. The van der Waals surface area contributed by atoms with Crippen LogP contribution in [0.1, 0.15) is 44.1 Å². The molecule has 0 bridgehead atoms. The van der Waals surface area contributed by atoms with E-state index in [1.165, 1.54) is 12.1 Å². The lowest BCUT2D eigenvalue weighted by Crippen LogP contribution is -2.56. The number of amides is 1. The number of piperidine rings is 1. The first-order valence-electron chi connectivity index (χ1n) is 9.95. The average molecular weight is 413 g/mol. The smallest absolute Gasteiger partial charge is 0.238 e.